The van der Waals surface area contributed by atoms with Crippen LogP contribution in [0, 0.1) is 5.82 Å². The molecule has 0 spiro atoms. The first-order valence-corrected chi connectivity index (χ1v) is 11.1. The van der Waals surface area contributed by atoms with E-state index in [4.69, 9.17) is 16.3 Å². The standard InChI is InChI=1S/C26H26ClFN2O3/c1-2-29-26(32)24(16-19-8-4-3-5-9-19)30(17-20-10-6-7-11-23(20)27)25(31)18-33-22-14-12-21(28)13-15-22/h3-15,24H,2,16-18H2,1H3,(H,29,32). The van der Waals surface area contributed by atoms with Gasteiger partial charge in [-0.15, -0.1) is 0 Å². The Morgan fingerprint density at radius 3 is 2.33 bits per heavy atom. The lowest BCUT2D eigenvalue weighted by molar-refractivity contribution is -0.142. The lowest BCUT2D eigenvalue weighted by atomic mass is 10.0. The molecule has 0 fully saturated rings. The van der Waals surface area contributed by atoms with E-state index >= 15 is 0 Å². The minimum absolute atomic E-state index is 0.139. The molecule has 3 rings (SSSR count). The molecule has 1 atom stereocenters. The number of rotatable bonds is 10. The SMILES string of the molecule is CCNC(=O)C(Cc1ccccc1)N(Cc1ccccc1Cl)C(=O)COc1ccc(F)cc1. The van der Waals surface area contributed by atoms with Crippen molar-refractivity contribution in [1.29, 1.82) is 0 Å². The summed E-state index contributed by atoms with van der Waals surface area (Å²) >= 11 is 6.36. The third kappa shape index (κ3) is 7.05. The third-order valence-electron chi connectivity index (χ3n) is 5.10. The first kappa shape index (κ1) is 24.3. The summed E-state index contributed by atoms with van der Waals surface area (Å²) in [5.74, 6) is -0.678. The topological polar surface area (TPSA) is 58.6 Å². The zero-order chi connectivity index (χ0) is 23.6. The molecule has 0 aromatic heterocycles. The van der Waals surface area contributed by atoms with Gasteiger partial charge in [0.05, 0.1) is 0 Å². The lowest BCUT2D eigenvalue weighted by Gasteiger charge is -2.31. The van der Waals surface area contributed by atoms with Crippen LogP contribution in [0.3, 0.4) is 0 Å². The maximum atomic E-state index is 13.3. The minimum atomic E-state index is -0.770. The molecular formula is C26H26ClFN2O3. The van der Waals surface area contributed by atoms with Crippen LogP contribution in [0.25, 0.3) is 0 Å². The van der Waals surface area contributed by atoms with Crippen LogP contribution < -0.4 is 10.1 Å². The van der Waals surface area contributed by atoms with Crippen molar-refractivity contribution >= 4 is 23.4 Å². The van der Waals surface area contributed by atoms with Crippen LogP contribution in [-0.4, -0.2) is 35.9 Å². The Hall–Kier alpha value is -3.38. The number of carbonyl (C=O) groups excluding carboxylic acids is 2. The second-order valence-electron chi connectivity index (χ2n) is 7.46. The summed E-state index contributed by atoms with van der Waals surface area (Å²) in [4.78, 5) is 27.9. The van der Waals surface area contributed by atoms with Gasteiger partial charge in [0.1, 0.15) is 17.6 Å². The van der Waals surface area contributed by atoms with E-state index in [-0.39, 0.29) is 25.0 Å². The van der Waals surface area contributed by atoms with Crippen molar-refractivity contribution < 1.29 is 18.7 Å². The maximum Gasteiger partial charge on any atom is 0.261 e. The Morgan fingerprint density at radius 1 is 1.00 bits per heavy atom. The van der Waals surface area contributed by atoms with Gasteiger partial charge in [-0.05, 0) is 48.4 Å². The van der Waals surface area contributed by atoms with E-state index in [2.05, 4.69) is 5.32 Å². The quantitative estimate of drug-likeness (QED) is 0.472. The van der Waals surface area contributed by atoms with Gasteiger partial charge in [0.25, 0.3) is 5.91 Å². The van der Waals surface area contributed by atoms with Crippen LogP contribution in [-0.2, 0) is 22.6 Å². The summed E-state index contributed by atoms with van der Waals surface area (Å²) < 4.78 is 18.8. The highest BCUT2D eigenvalue weighted by Crippen LogP contribution is 2.21. The van der Waals surface area contributed by atoms with Gasteiger partial charge in [-0.2, -0.15) is 0 Å². The molecule has 0 saturated carbocycles. The molecule has 1 unspecified atom stereocenters. The van der Waals surface area contributed by atoms with Gasteiger partial charge < -0.3 is 15.0 Å². The molecule has 172 valence electrons. The highest BCUT2D eigenvalue weighted by atomic mass is 35.5. The molecule has 3 aromatic carbocycles. The molecule has 1 N–H and O–H groups in total. The second kappa shape index (κ2) is 12.0. The van der Waals surface area contributed by atoms with Crippen LogP contribution in [0.1, 0.15) is 18.1 Å². The first-order chi connectivity index (χ1) is 16.0. The highest BCUT2D eigenvalue weighted by Gasteiger charge is 2.30. The van der Waals surface area contributed by atoms with Gasteiger partial charge in [0.15, 0.2) is 6.61 Å². The Kier molecular flexibility index (Phi) is 8.84. The molecule has 0 bridgehead atoms. The molecule has 33 heavy (non-hydrogen) atoms. The average molecular weight is 469 g/mol. The van der Waals surface area contributed by atoms with Crippen LogP contribution in [0.2, 0.25) is 5.02 Å². The number of halogens is 2. The molecular weight excluding hydrogens is 443 g/mol. The largest absolute Gasteiger partial charge is 0.484 e. The number of benzene rings is 3. The van der Waals surface area contributed by atoms with Gasteiger partial charge >= 0.3 is 0 Å². The summed E-state index contributed by atoms with van der Waals surface area (Å²) in [5, 5.41) is 3.34. The summed E-state index contributed by atoms with van der Waals surface area (Å²) in [6.07, 6.45) is 0.333. The Labute approximate surface area is 198 Å². The number of hydrogen-bond acceptors (Lipinski definition) is 3. The fourth-order valence-electron chi connectivity index (χ4n) is 3.41. The van der Waals surface area contributed by atoms with Crippen molar-refractivity contribution in [1.82, 2.24) is 10.2 Å². The van der Waals surface area contributed by atoms with Crippen molar-refractivity contribution in [3.63, 3.8) is 0 Å². The third-order valence-corrected chi connectivity index (χ3v) is 5.47. The predicted octanol–water partition coefficient (Wildman–Crippen LogP) is 4.63. The van der Waals surface area contributed by atoms with Crippen molar-refractivity contribution in [2.24, 2.45) is 0 Å². The molecule has 0 heterocycles. The number of likely N-dealkylation sites (N-methyl/N-ethyl adjacent to an activating group) is 1. The van der Waals surface area contributed by atoms with Gasteiger partial charge in [-0.25, -0.2) is 4.39 Å². The lowest BCUT2D eigenvalue weighted by Crippen LogP contribution is -2.51. The zero-order valence-corrected chi connectivity index (χ0v) is 19.1. The number of nitrogens with zero attached hydrogens (tertiary/aromatic N) is 1. The predicted molar refractivity (Wildman–Crippen MR) is 127 cm³/mol. The molecule has 0 radical (unpaired) electrons. The smallest absolute Gasteiger partial charge is 0.261 e. The van der Waals surface area contributed by atoms with E-state index in [1.165, 1.54) is 29.2 Å². The van der Waals surface area contributed by atoms with E-state index in [0.717, 1.165) is 11.1 Å². The van der Waals surface area contributed by atoms with E-state index in [1.54, 1.807) is 12.1 Å². The van der Waals surface area contributed by atoms with Crippen LogP contribution in [0.5, 0.6) is 5.75 Å². The van der Waals surface area contributed by atoms with Gasteiger partial charge in [0, 0.05) is 24.5 Å². The molecule has 0 aliphatic heterocycles. The Balaban J connectivity index is 1.89. The highest BCUT2D eigenvalue weighted by molar-refractivity contribution is 6.31. The Bertz CT molecular complexity index is 1060. The van der Waals surface area contributed by atoms with Crippen molar-refractivity contribution in [2.75, 3.05) is 13.2 Å². The van der Waals surface area contributed by atoms with Gasteiger partial charge in [-0.3, -0.25) is 9.59 Å². The van der Waals surface area contributed by atoms with Crippen molar-refractivity contribution in [2.45, 2.75) is 25.9 Å². The number of hydrogen-bond donors (Lipinski definition) is 1. The maximum absolute atomic E-state index is 13.3. The minimum Gasteiger partial charge on any atom is -0.484 e. The number of carbonyl (C=O) groups is 2. The average Bonchev–Trinajstić information content (AvgIpc) is 2.82. The van der Waals surface area contributed by atoms with E-state index < -0.39 is 11.9 Å². The summed E-state index contributed by atoms with van der Waals surface area (Å²) in [5.41, 5.74) is 1.64. The van der Waals surface area contributed by atoms with Crippen molar-refractivity contribution in [3.8, 4) is 5.75 Å². The molecule has 7 heteroatoms. The summed E-state index contributed by atoms with van der Waals surface area (Å²) in [6, 6.07) is 21.4. The monoisotopic (exact) mass is 468 g/mol. The summed E-state index contributed by atoms with van der Waals surface area (Å²) in [6.45, 7) is 2.10. The first-order valence-electron chi connectivity index (χ1n) is 10.7. The normalized spacial score (nSPS) is 11.5. The molecule has 3 aromatic rings. The van der Waals surface area contributed by atoms with Crippen molar-refractivity contribution in [3.05, 3.63) is 101 Å². The molecule has 0 aliphatic carbocycles. The van der Waals surface area contributed by atoms with Crippen LogP contribution >= 0.6 is 11.6 Å². The summed E-state index contributed by atoms with van der Waals surface area (Å²) in [7, 11) is 0. The van der Waals surface area contributed by atoms with Gasteiger partial charge in [-0.1, -0.05) is 60.1 Å². The molecule has 0 saturated heterocycles. The Morgan fingerprint density at radius 2 is 1.67 bits per heavy atom. The van der Waals surface area contributed by atoms with Crippen LogP contribution in [0.15, 0.2) is 78.9 Å². The van der Waals surface area contributed by atoms with E-state index in [9.17, 15) is 14.0 Å². The van der Waals surface area contributed by atoms with Crippen LogP contribution in [0.4, 0.5) is 4.39 Å². The fourth-order valence-corrected chi connectivity index (χ4v) is 3.61. The second-order valence-corrected chi connectivity index (χ2v) is 7.86. The molecule has 0 aliphatic rings. The molecule has 2 amide bonds. The van der Waals surface area contributed by atoms with E-state index in [0.29, 0.717) is 23.7 Å². The number of ether oxygens (including phenoxy) is 1. The van der Waals surface area contributed by atoms with E-state index in [1.807, 2.05) is 49.4 Å². The number of amides is 2. The van der Waals surface area contributed by atoms with Gasteiger partial charge in [0.2, 0.25) is 5.91 Å². The zero-order valence-electron chi connectivity index (χ0n) is 18.3. The molecule has 5 nitrogen and oxygen atoms in total. The number of nitrogens with one attached hydrogen (secondary N) is 1. The fraction of sp³-hybridized carbons (Fsp3) is 0.231.